The minimum atomic E-state index is -0.688. The third-order valence-electron chi connectivity index (χ3n) is 6.00. The van der Waals surface area contributed by atoms with E-state index in [1.807, 2.05) is 53.9 Å². The van der Waals surface area contributed by atoms with Crippen LogP contribution in [0.1, 0.15) is 35.9 Å². The van der Waals surface area contributed by atoms with Gasteiger partial charge < -0.3 is 14.2 Å². The molecule has 10 heteroatoms. The van der Waals surface area contributed by atoms with Gasteiger partial charge in [-0.15, -0.1) is 11.3 Å². The highest BCUT2D eigenvalue weighted by molar-refractivity contribution is 7.10. The van der Waals surface area contributed by atoms with Gasteiger partial charge in [0.25, 0.3) is 5.56 Å². The van der Waals surface area contributed by atoms with Crippen LogP contribution >= 0.6 is 22.7 Å². The molecule has 0 fully saturated rings. The van der Waals surface area contributed by atoms with Crippen LogP contribution in [0, 0.1) is 0 Å². The van der Waals surface area contributed by atoms with Crippen LogP contribution in [0.4, 0.5) is 0 Å². The van der Waals surface area contributed by atoms with Gasteiger partial charge in [-0.2, -0.15) is 0 Å². The molecule has 0 N–H and O–H groups in total. The average molecular weight is 575 g/mol. The summed E-state index contributed by atoms with van der Waals surface area (Å²) >= 11 is 2.71. The summed E-state index contributed by atoms with van der Waals surface area (Å²) in [6, 6.07) is 19.6. The van der Waals surface area contributed by atoms with E-state index >= 15 is 0 Å². The molecule has 0 spiro atoms. The normalized spacial score (nSPS) is 14.8. The average Bonchev–Trinajstić information content (AvgIpc) is 3.60. The third-order valence-corrected chi connectivity index (χ3v) is 7.91. The molecule has 0 bridgehead atoms. The van der Waals surface area contributed by atoms with Crippen LogP contribution in [0.25, 0.3) is 11.8 Å². The van der Waals surface area contributed by atoms with Gasteiger partial charge in [0.2, 0.25) is 0 Å². The Morgan fingerprint density at radius 3 is 2.52 bits per heavy atom. The number of carbonyl (C=O) groups excluding carboxylic acids is 2. The zero-order valence-electron chi connectivity index (χ0n) is 21.9. The number of aromatic nitrogens is 1. The van der Waals surface area contributed by atoms with E-state index in [1.165, 1.54) is 22.7 Å². The number of fused-ring (bicyclic) bond motifs is 1. The Morgan fingerprint density at radius 1 is 1.00 bits per heavy atom. The lowest BCUT2D eigenvalue weighted by molar-refractivity contribution is -0.145. The lowest BCUT2D eigenvalue weighted by Crippen LogP contribution is -2.39. The summed E-state index contributed by atoms with van der Waals surface area (Å²) in [7, 11) is 0. The number of hydrogen-bond donors (Lipinski definition) is 0. The fraction of sp³-hybridized carbons (Fsp3) is 0.200. The van der Waals surface area contributed by atoms with E-state index in [0.29, 0.717) is 31.9 Å². The largest absolute Gasteiger partial charge is 0.482 e. The summed E-state index contributed by atoms with van der Waals surface area (Å²) in [5, 5.41) is 1.91. The fourth-order valence-corrected chi connectivity index (χ4v) is 6.17. The van der Waals surface area contributed by atoms with Crippen LogP contribution in [0.5, 0.6) is 5.75 Å². The van der Waals surface area contributed by atoms with Gasteiger partial charge in [-0.3, -0.25) is 9.36 Å². The van der Waals surface area contributed by atoms with E-state index in [1.54, 1.807) is 42.7 Å². The number of thiazole rings is 1. The molecule has 0 saturated carbocycles. The molecule has 204 valence electrons. The Morgan fingerprint density at radius 2 is 1.80 bits per heavy atom. The molecule has 1 aliphatic rings. The van der Waals surface area contributed by atoms with Gasteiger partial charge in [0, 0.05) is 10.4 Å². The first-order valence-electron chi connectivity index (χ1n) is 12.7. The topological polar surface area (TPSA) is 96.2 Å². The fourth-order valence-electron chi connectivity index (χ4n) is 4.35. The molecule has 4 aromatic rings. The molecular formula is C30H26N2O6S2. The molecule has 0 radical (unpaired) electrons. The summed E-state index contributed by atoms with van der Waals surface area (Å²) in [6.07, 6.45) is 1.75. The minimum absolute atomic E-state index is 0.195. The van der Waals surface area contributed by atoms with Gasteiger partial charge >= 0.3 is 11.9 Å². The summed E-state index contributed by atoms with van der Waals surface area (Å²) in [5.74, 6) is -0.493. The predicted octanol–water partition coefficient (Wildman–Crippen LogP) is 3.94. The van der Waals surface area contributed by atoms with E-state index in [0.717, 1.165) is 10.4 Å². The van der Waals surface area contributed by atoms with Crippen molar-refractivity contribution in [2.75, 3.05) is 19.8 Å². The first-order chi connectivity index (χ1) is 19.5. The molecule has 0 unspecified atom stereocenters. The lowest BCUT2D eigenvalue weighted by atomic mass is 9.97. The van der Waals surface area contributed by atoms with Crippen molar-refractivity contribution in [3.05, 3.63) is 113 Å². The maximum atomic E-state index is 13.9. The second-order valence-electron chi connectivity index (χ2n) is 8.61. The summed E-state index contributed by atoms with van der Waals surface area (Å²) in [6.45, 7) is 3.75. The zero-order chi connectivity index (χ0) is 28.1. The van der Waals surface area contributed by atoms with Crippen LogP contribution in [-0.2, 0) is 19.1 Å². The van der Waals surface area contributed by atoms with Gasteiger partial charge in [0.15, 0.2) is 11.4 Å². The summed E-state index contributed by atoms with van der Waals surface area (Å²) < 4.78 is 18.0. The molecule has 0 amide bonds. The molecular weight excluding hydrogens is 548 g/mol. The van der Waals surface area contributed by atoms with Crippen molar-refractivity contribution in [1.29, 1.82) is 0 Å². The van der Waals surface area contributed by atoms with Crippen molar-refractivity contribution in [1.82, 2.24) is 4.57 Å². The SMILES string of the molecule is CCOC(=O)COc1cccc(/C=c2\sc3n(c2=O)[C@@H](c2cccs2)C(C(=O)OCC)=C(c2ccccc2)N=3)c1. The molecule has 2 aromatic carbocycles. The van der Waals surface area contributed by atoms with Crippen LogP contribution in [-0.4, -0.2) is 36.3 Å². The van der Waals surface area contributed by atoms with Crippen LogP contribution < -0.4 is 19.6 Å². The molecule has 8 nitrogen and oxygen atoms in total. The Kier molecular flexibility index (Phi) is 8.37. The molecule has 0 aliphatic carbocycles. The summed E-state index contributed by atoms with van der Waals surface area (Å²) in [4.78, 5) is 45.1. The molecule has 1 atom stereocenters. The molecule has 3 heterocycles. The van der Waals surface area contributed by atoms with Gasteiger partial charge in [0.1, 0.15) is 11.8 Å². The first kappa shape index (κ1) is 27.3. The van der Waals surface area contributed by atoms with Crippen molar-refractivity contribution >= 4 is 46.4 Å². The number of nitrogens with zero attached hydrogens (tertiary/aromatic N) is 2. The predicted molar refractivity (Wildman–Crippen MR) is 154 cm³/mol. The quantitative estimate of drug-likeness (QED) is 0.281. The number of hydrogen-bond acceptors (Lipinski definition) is 9. The Labute approximate surface area is 238 Å². The van der Waals surface area contributed by atoms with E-state index < -0.39 is 18.0 Å². The molecule has 5 rings (SSSR count). The highest BCUT2D eigenvalue weighted by Gasteiger charge is 2.35. The lowest BCUT2D eigenvalue weighted by Gasteiger charge is -2.24. The maximum Gasteiger partial charge on any atom is 0.344 e. The number of benzene rings is 2. The third kappa shape index (κ3) is 5.68. The Bertz CT molecular complexity index is 1740. The van der Waals surface area contributed by atoms with Crippen molar-refractivity contribution in [2.45, 2.75) is 19.9 Å². The second-order valence-corrected chi connectivity index (χ2v) is 10.6. The molecule has 0 saturated heterocycles. The minimum Gasteiger partial charge on any atom is -0.482 e. The van der Waals surface area contributed by atoms with E-state index in [4.69, 9.17) is 19.2 Å². The Hall–Kier alpha value is -4.28. The summed E-state index contributed by atoms with van der Waals surface area (Å²) in [5.41, 5.74) is 2.01. The van der Waals surface area contributed by atoms with E-state index in [9.17, 15) is 14.4 Å². The second kappa shape index (κ2) is 12.3. The van der Waals surface area contributed by atoms with E-state index in [-0.39, 0.29) is 25.4 Å². The number of ether oxygens (including phenoxy) is 3. The Balaban J connectivity index is 1.64. The maximum absolute atomic E-state index is 13.9. The van der Waals surface area contributed by atoms with Gasteiger partial charge in [-0.25, -0.2) is 14.6 Å². The molecule has 2 aromatic heterocycles. The van der Waals surface area contributed by atoms with Crippen molar-refractivity contribution in [2.24, 2.45) is 4.99 Å². The van der Waals surface area contributed by atoms with Crippen molar-refractivity contribution in [3.8, 4) is 5.75 Å². The van der Waals surface area contributed by atoms with Gasteiger partial charge in [0.05, 0.1) is 29.0 Å². The first-order valence-corrected chi connectivity index (χ1v) is 14.4. The van der Waals surface area contributed by atoms with Crippen LogP contribution in [0.2, 0.25) is 0 Å². The van der Waals surface area contributed by atoms with Crippen molar-refractivity contribution < 1.29 is 23.8 Å². The number of rotatable bonds is 9. The number of carbonyl (C=O) groups is 2. The van der Waals surface area contributed by atoms with Crippen LogP contribution in [0.15, 0.2) is 87.5 Å². The zero-order valence-corrected chi connectivity index (χ0v) is 23.5. The van der Waals surface area contributed by atoms with Gasteiger partial charge in [-0.1, -0.05) is 59.9 Å². The van der Waals surface area contributed by atoms with Crippen molar-refractivity contribution in [3.63, 3.8) is 0 Å². The molecule has 1 aliphatic heterocycles. The molecule has 40 heavy (non-hydrogen) atoms. The standard InChI is InChI=1S/C30H26N2O6S2/c1-3-36-24(33)18-38-21-13-8-10-19(16-21)17-23-28(34)32-27(22-14-9-15-39-22)25(29(35)37-4-2)26(31-30(32)40-23)20-11-6-5-7-12-20/h5-17,27H,3-4,18H2,1-2H3/b23-17-/t27-/m0/s1. The van der Waals surface area contributed by atoms with Gasteiger partial charge in [-0.05, 0) is 49.1 Å². The monoisotopic (exact) mass is 574 g/mol. The highest BCUT2D eigenvalue weighted by Crippen LogP contribution is 2.36. The number of esters is 2. The number of thiophene rings is 1. The smallest absolute Gasteiger partial charge is 0.344 e. The van der Waals surface area contributed by atoms with Crippen LogP contribution in [0.3, 0.4) is 0 Å². The highest BCUT2D eigenvalue weighted by atomic mass is 32.1. The van der Waals surface area contributed by atoms with E-state index in [2.05, 4.69) is 0 Å².